The molecule has 0 aliphatic carbocycles. The number of anilines is 1. The van der Waals surface area contributed by atoms with Crippen LogP contribution in [0.2, 0.25) is 0 Å². The highest BCUT2D eigenvalue weighted by molar-refractivity contribution is 5.51. The van der Waals surface area contributed by atoms with Gasteiger partial charge in [0.15, 0.2) is 0 Å². The predicted octanol–water partition coefficient (Wildman–Crippen LogP) is 2.62. The summed E-state index contributed by atoms with van der Waals surface area (Å²) in [5.74, 6) is 0. The molecule has 2 N–H and O–H groups in total. The van der Waals surface area contributed by atoms with E-state index < -0.39 is 0 Å². The third-order valence-corrected chi connectivity index (χ3v) is 2.03. The second-order valence-corrected chi connectivity index (χ2v) is 3.74. The number of hydrogen-bond donors (Lipinski definition) is 2. The lowest BCUT2D eigenvalue weighted by molar-refractivity contribution is 0.726. The molecule has 0 fully saturated rings. The van der Waals surface area contributed by atoms with Crippen LogP contribution in [0.3, 0.4) is 0 Å². The zero-order valence-electron chi connectivity index (χ0n) is 9.30. The van der Waals surface area contributed by atoms with Gasteiger partial charge in [0.2, 0.25) is 0 Å². The van der Waals surface area contributed by atoms with Gasteiger partial charge in [0, 0.05) is 18.3 Å². The van der Waals surface area contributed by atoms with Gasteiger partial charge in [0.25, 0.3) is 0 Å². The molecule has 2 heteroatoms. The topological polar surface area (TPSA) is 24.1 Å². The summed E-state index contributed by atoms with van der Waals surface area (Å²) in [6.45, 7) is 8.38. The fraction of sp³-hybridized carbons (Fsp3) is 0.500. The number of nitrogens with one attached hydrogen (secondary N) is 2. The highest BCUT2D eigenvalue weighted by Gasteiger charge is 2.01. The van der Waals surface area contributed by atoms with E-state index in [2.05, 4.69) is 55.7 Å². The maximum absolute atomic E-state index is 3.44. The Morgan fingerprint density at radius 1 is 1.21 bits per heavy atom. The summed E-state index contributed by atoms with van der Waals surface area (Å²) >= 11 is 0. The molecule has 0 saturated heterocycles. The zero-order valence-corrected chi connectivity index (χ0v) is 9.30. The summed E-state index contributed by atoms with van der Waals surface area (Å²) in [4.78, 5) is 0. The average molecular weight is 192 g/mol. The molecule has 0 aliphatic heterocycles. The minimum Gasteiger partial charge on any atom is -0.383 e. The third-order valence-electron chi connectivity index (χ3n) is 2.03. The van der Waals surface area contributed by atoms with Crippen LogP contribution in [0.1, 0.15) is 26.3 Å². The Morgan fingerprint density at radius 3 is 2.57 bits per heavy atom. The van der Waals surface area contributed by atoms with Gasteiger partial charge in [0.1, 0.15) is 0 Å². The summed E-state index contributed by atoms with van der Waals surface area (Å²) in [6.07, 6.45) is 0. The van der Waals surface area contributed by atoms with Crippen LogP contribution in [-0.4, -0.2) is 12.6 Å². The van der Waals surface area contributed by atoms with Gasteiger partial charge in [-0.2, -0.15) is 0 Å². The molecule has 0 aromatic heterocycles. The molecule has 0 atom stereocenters. The molecule has 0 aliphatic rings. The van der Waals surface area contributed by atoms with E-state index in [1.54, 1.807) is 0 Å². The van der Waals surface area contributed by atoms with Gasteiger partial charge in [-0.15, -0.1) is 0 Å². The van der Waals surface area contributed by atoms with Crippen molar-refractivity contribution in [1.82, 2.24) is 5.32 Å². The first-order valence-electron chi connectivity index (χ1n) is 5.29. The molecule has 0 unspecified atom stereocenters. The normalized spacial score (nSPS) is 10.6. The third kappa shape index (κ3) is 3.38. The first-order valence-corrected chi connectivity index (χ1v) is 5.29. The van der Waals surface area contributed by atoms with E-state index in [9.17, 15) is 0 Å². The molecular weight excluding hydrogens is 172 g/mol. The van der Waals surface area contributed by atoms with Crippen molar-refractivity contribution in [3.8, 4) is 0 Å². The molecule has 14 heavy (non-hydrogen) atoms. The number of rotatable bonds is 5. The van der Waals surface area contributed by atoms with E-state index in [4.69, 9.17) is 0 Å². The van der Waals surface area contributed by atoms with Crippen molar-refractivity contribution >= 4 is 5.69 Å². The lowest BCUT2D eigenvalue weighted by atomic mass is 10.1. The van der Waals surface area contributed by atoms with Crippen molar-refractivity contribution in [3.05, 3.63) is 29.8 Å². The summed E-state index contributed by atoms with van der Waals surface area (Å²) in [6, 6.07) is 8.93. The molecule has 1 rings (SSSR count). The van der Waals surface area contributed by atoms with Crippen molar-refractivity contribution in [3.63, 3.8) is 0 Å². The van der Waals surface area contributed by atoms with Gasteiger partial charge < -0.3 is 10.6 Å². The van der Waals surface area contributed by atoms with Crippen molar-refractivity contribution in [2.45, 2.75) is 33.4 Å². The zero-order chi connectivity index (χ0) is 10.4. The van der Waals surface area contributed by atoms with Gasteiger partial charge in [-0.1, -0.05) is 25.1 Å². The Labute approximate surface area is 86.7 Å². The summed E-state index contributed by atoms with van der Waals surface area (Å²) in [7, 11) is 0. The average Bonchev–Trinajstić information content (AvgIpc) is 2.16. The van der Waals surface area contributed by atoms with Crippen LogP contribution in [0.5, 0.6) is 0 Å². The minimum atomic E-state index is 0.484. The highest BCUT2D eigenvalue weighted by atomic mass is 14.9. The largest absolute Gasteiger partial charge is 0.383 e. The van der Waals surface area contributed by atoms with E-state index in [0.29, 0.717) is 6.04 Å². The van der Waals surface area contributed by atoms with Gasteiger partial charge in [-0.3, -0.25) is 0 Å². The number of para-hydroxylation sites is 1. The van der Waals surface area contributed by atoms with Gasteiger partial charge >= 0.3 is 0 Å². The molecule has 1 aromatic rings. The Bertz CT molecular complexity index is 269. The van der Waals surface area contributed by atoms with Gasteiger partial charge in [-0.05, 0) is 32.0 Å². The number of benzene rings is 1. The minimum absolute atomic E-state index is 0.484. The van der Waals surface area contributed by atoms with Crippen LogP contribution in [0.4, 0.5) is 5.69 Å². The SMILES string of the molecule is CCNCc1ccccc1NC(C)C. The highest BCUT2D eigenvalue weighted by Crippen LogP contribution is 2.15. The van der Waals surface area contributed by atoms with Crippen LogP contribution in [0.15, 0.2) is 24.3 Å². The van der Waals surface area contributed by atoms with Crippen LogP contribution in [-0.2, 0) is 6.54 Å². The van der Waals surface area contributed by atoms with E-state index in [0.717, 1.165) is 13.1 Å². The smallest absolute Gasteiger partial charge is 0.0387 e. The van der Waals surface area contributed by atoms with Gasteiger partial charge in [0.05, 0.1) is 0 Å². The maximum atomic E-state index is 3.44. The van der Waals surface area contributed by atoms with Crippen molar-refractivity contribution in [2.24, 2.45) is 0 Å². The quantitative estimate of drug-likeness (QED) is 0.749. The summed E-state index contributed by atoms with van der Waals surface area (Å²) in [5.41, 5.74) is 2.58. The van der Waals surface area contributed by atoms with Crippen molar-refractivity contribution in [2.75, 3.05) is 11.9 Å². The Hall–Kier alpha value is -1.02. The molecule has 0 spiro atoms. The second kappa shape index (κ2) is 5.66. The first kappa shape index (κ1) is 11.1. The number of hydrogen-bond acceptors (Lipinski definition) is 2. The summed E-state index contributed by atoms with van der Waals surface area (Å²) in [5, 5.41) is 6.78. The van der Waals surface area contributed by atoms with Crippen LogP contribution >= 0.6 is 0 Å². The summed E-state index contributed by atoms with van der Waals surface area (Å²) < 4.78 is 0. The molecule has 0 heterocycles. The predicted molar refractivity (Wildman–Crippen MR) is 62.6 cm³/mol. The Balaban J connectivity index is 2.69. The monoisotopic (exact) mass is 192 g/mol. The van der Waals surface area contributed by atoms with Crippen LogP contribution in [0.25, 0.3) is 0 Å². The lowest BCUT2D eigenvalue weighted by Gasteiger charge is -2.14. The van der Waals surface area contributed by atoms with Crippen molar-refractivity contribution < 1.29 is 0 Å². The first-order chi connectivity index (χ1) is 6.74. The van der Waals surface area contributed by atoms with Crippen LogP contribution in [0, 0.1) is 0 Å². The van der Waals surface area contributed by atoms with E-state index in [1.807, 2.05) is 0 Å². The molecular formula is C12H20N2. The Kier molecular flexibility index (Phi) is 4.47. The fourth-order valence-electron chi connectivity index (χ4n) is 1.39. The molecule has 78 valence electrons. The molecule has 0 radical (unpaired) electrons. The standard InChI is InChI=1S/C12H20N2/c1-4-13-9-11-7-5-6-8-12(11)14-10(2)3/h5-8,10,13-14H,4,9H2,1-3H3. The molecule has 1 aromatic carbocycles. The van der Waals surface area contributed by atoms with Crippen LogP contribution < -0.4 is 10.6 Å². The Morgan fingerprint density at radius 2 is 1.93 bits per heavy atom. The van der Waals surface area contributed by atoms with E-state index >= 15 is 0 Å². The molecule has 0 amide bonds. The maximum Gasteiger partial charge on any atom is 0.0387 e. The second-order valence-electron chi connectivity index (χ2n) is 3.74. The lowest BCUT2D eigenvalue weighted by Crippen LogP contribution is -2.16. The fourth-order valence-corrected chi connectivity index (χ4v) is 1.39. The molecule has 0 saturated carbocycles. The molecule has 2 nitrogen and oxygen atoms in total. The van der Waals surface area contributed by atoms with Crippen molar-refractivity contribution in [1.29, 1.82) is 0 Å². The molecule has 0 bridgehead atoms. The van der Waals surface area contributed by atoms with Gasteiger partial charge in [-0.25, -0.2) is 0 Å². The van der Waals surface area contributed by atoms with E-state index in [1.165, 1.54) is 11.3 Å². The van der Waals surface area contributed by atoms with E-state index in [-0.39, 0.29) is 0 Å².